The number of halogens is 1. The van der Waals surface area contributed by atoms with Gasteiger partial charge in [0, 0.05) is 19.2 Å². The summed E-state index contributed by atoms with van der Waals surface area (Å²) >= 11 is 5.94. The van der Waals surface area contributed by atoms with Gasteiger partial charge in [0.1, 0.15) is 11.9 Å². The number of benzene rings is 1. The van der Waals surface area contributed by atoms with E-state index in [0.717, 1.165) is 5.56 Å². The topological polar surface area (TPSA) is 79.7 Å². The summed E-state index contributed by atoms with van der Waals surface area (Å²) in [4.78, 5) is 0. The Kier molecular flexibility index (Phi) is 3.40. The molecule has 0 saturated heterocycles. The average molecular weight is 262 g/mol. The molecule has 1 aromatic carbocycles. The zero-order valence-electron chi connectivity index (χ0n) is 9.81. The fraction of sp³-hybridized carbons (Fsp3) is 0.167. The number of nitrogen functional groups attached to an aromatic ring is 1. The lowest BCUT2D eigenvalue weighted by atomic mass is 10.2. The Morgan fingerprint density at radius 3 is 2.94 bits per heavy atom. The summed E-state index contributed by atoms with van der Waals surface area (Å²) in [7, 11) is 1.78. The van der Waals surface area contributed by atoms with Gasteiger partial charge in [-0.1, -0.05) is 17.7 Å². The highest BCUT2D eigenvalue weighted by Gasteiger charge is 2.08. The molecule has 0 bridgehead atoms. The summed E-state index contributed by atoms with van der Waals surface area (Å²) in [6.07, 6.45) is 1.69. The number of nitriles is 1. The quantitative estimate of drug-likeness (QED) is 0.887. The maximum atomic E-state index is 9.04. The van der Waals surface area contributed by atoms with Gasteiger partial charge in [-0.25, -0.2) is 0 Å². The minimum atomic E-state index is 0.432. The summed E-state index contributed by atoms with van der Waals surface area (Å²) < 4.78 is 1.60. The third-order valence-electron chi connectivity index (χ3n) is 2.66. The maximum Gasteiger partial charge on any atom is 0.126 e. The minimum Gasteiger partial charge on any atom is -0.384 e. The number of hydrogen-bond acceptors (Lipinski definition) is 4. The third kappa shape index (κ3) is 2.24. The van der Waals surface area contributed by atoms with Gasteiger partial charge in [0.05, 0.1) is 22.5 Å². The van der Waals surface area contributed by atoms with E-state index in [9.17, 15) is 0 Å². The van der Waals surface area contributed by atoms with Crippen molar-refractivity contribution in [3.05, 3.63) is 40.5 Å². The van der Waals surface area contributed by atoms with E-state index in [1.807, 2.05) is 0 Å². The van der Waals surface area contributed by atoms with Crippen molar-refractivity contribution in [2.45, 2.75) is 6.54 Å². The lowest BCUT2D eigenvalue weighted by Gasteiger charge is -2.08. The van der Waals surface area contributed by atoms with Crippen LogP contribution in [0.4, 0.5) is 11.5 Å². The molecule has 0 radical (unpaired) electrons. The van der Waals surface area contributed by atoms with Crippen LogP contribution < -0.4 is 11.1 Å². The van der Waals surface area contributed by atoms with Gasteiger partial charge in [0.15, 0.2) is 0 Å². The van der Waals surface area contributed by atoms with Crippen molar-refractivity contribution >= 4 is 23.1 Å². The van der Waals surface area contributed by atoms with Gasteiger partial charge in [-0.05, 0) is 12.1 Å². The molecule has 2 aromatic rings. The third-order valence-corrected chi connectivity index (χ3v) is 2.97. The van der Waals surface area contributed by atoms with Crippen LogP contribution in [0.15, 0.2) is 24.4 Å². The van der Waals surface area contributed by atoms with Crippen molar-refractivity contribution in [3.8, 4) is 6.07 Å². The van der Waals surface area contributed by atoms with Crippen molar-refractivity contribution in [2.75, 3.05) is 11.1 Å². The number of aryl methyl sites for hydroxylation is 1. The zero-order chi connectivity index (χ0) is 13.1. The molecule has 5 nitrogen and oxygen atoms in total. The molecule has 3 N–H and O–H groups in total. The molecule has 0 unspecified atom stereocenters. The van der Waals surface area contributed by atoms with E-state index in [1.165, 1.54) is 0 Å². The van der Waals surface area contributed by atoms with Crippen LogP contribution in [0.5, 0.6) is 0 Å². The molecule has 0 aliphatic carbocycles. The Labute approximate surface area is 110 Å². The van der Waals surface area contributed by atoms with Crippen LogP contribution in [0.3, 0.4) is 0 Å². The number of aromatic nitrogens is 2. The number of anilines is 2. The molecule has 0 saturated carbocycles. The van der Waals surface area contributed by atoms with Crippen LogP contribution in [0.1, 0.15) is 11.1 Å². The highest BCUT2D eigenvalue weighted by Crippen LogP contribution is 2.24. The first kappa shape index (κ1) is 12.3. The number of hydrogen-bond donors (Lipinski definition) is 2. The second-order valence-electron chi connectivity index (χ2n) is 3.81. The fourth-order valence-corrected chi connectivity index (χ4v) is 1.82. The Morgan fingerprint density at radius 2 is 2.33 bits per heavy atom. The highest BCUT2D eigenvalue weighted by atomic mass is 35.5. The minimum absolute atomic E-state index is 0.432. The molecule has 2 rings (SSSR count). The second-order valence-corrected chi connectivity index (χ2v) is 4.21. The van der Waals surface area contributed by atoms with Crippen molar-refractivity contribution in [3.63, 3.8) is 0 Å². The molecular formula is C12H12ClN5. The smallest absolute Gasteiger partial charge is 0.126 e. The van der Waals surface area contributed by atoms with Crippen LogP contribution in [0, 0.1) is 11.3 Å². The fourth-order valence-electron chi connectivity index (χ4n) is 1.60. The van der Waals surface area contributed by atoms with Gasteiger partial charge >= 0.3 is 0 Å². The summed E-state index contributed by atoms with van der Waals surface area (Å²) in [6.45, 7) is 0.495. The molecule has 0 amide bonds. The summed E-state index contributed by atoms with van der Waals surface area (Å²) in [5, 5.41) is 16.7. The van der Waals surface area contributed by atoms with Gasteiger partial charge in [0.2, 0.25) is 0 Å². The first-order chi connectivity index (χ1) is 8.63. The maximum absolute atomic E-state index is 9.04. The van der Waals surface area contributed by atoms with Crippen LogP contribution >= 0.6 is 11.6 Å². The molecule has 0 aliphatic rings. The molecule has 1 heterocycles. The van der Waals surface area contributed by atoms with E-state index in [2.05, 4.69) is 16.5 Å². The number of nitrogens with two attached hydrogens (primary N) is 1. The lowest BCUT2D eigenvalue weighted by molar-refractivity contribution is 0.778. The normalized spacial score (nSPS) is 10.1. The molecule has 0 aliphatic heterocycles. The van der Waals surface area contributed by atoms with Gasteiger partial charge in [-0.2, -0.15) is 10.4 Å². The molecule has 0 fully saturated rings. The molecular weight excluding hydrogens is 250 g/mol. The summed E-state index contributed by atoms with van der Waals surface area (Å²) in [6, 6.07) is 7.35. The Hall–Kier alpha value is -2.19. The van der Waals surface area contributed by atoms with E-state index in [1.54, 1.807) is 36.1 Å². The Balaban J connectivity index is 2.19. The second kappa shape index (κ2) is 4.98. The van der Waals surface area contributed by atoms with Crippen molar-refractivity contribution < 1.29 is 0 Å². The Morgan fingerprint density at radius 1 is 1.56 bits per heavy atom. The van der Waals surface area contributed by atoms with E-state index in [0.29, 0.717) is 28.6 Å². The number of nitrogens with zero attached hydrogens (tertiary/aromatic N) is 3. The monoisotopic (exact) mass is 261 g/mol. The summed E-state index contributed by atoms with van der Waals surface area (Å²) in [5.74, 6) is 0.600. The van der Waals surface area contributed by atoms with E-state index >= 15 is 0 Å². The van der Waals surface area contributed by atoms with E-state index in [-0.39, 0.29) is 0 Å². The van der Waals surface area contributed by atoms with Crippen molar-refractivity contribution in [2.24, 2.45) is 7.05 Å². The van der Waals surface area contributed by atoms with Crippen LogP contribution in [0.2, 0.25) is 5.02 Å². The average Bonchev–Trinajstić information content (AvgIpc) is 2.68. The van der Waals surface area contributed by atoms with Gasteiger partial charge < -0.3 is 11.1 Å². The lowest BCUT2D eigenvalue weighted by Crippen LogP contribution is -2.05. The number of rotatable bonds is 3. The van der Waals surface area contributed by atoms with E-state index in [4.69, 9.17) is 22.6 Å². The van der Waals surface area contributed by atoms with E-state index < -0.39 is 0 Å². The first-order valence-electron chi connectivity index (χ1n) is 5.32. The van der Waals surface area contributed by atoms with Crippen LogP contribution in [-0.2, 0) is 13.6 Å². The molecule has 92 valence electrons. The molecule has 18 heavy (non-hydrogen) atoms. The van der Waals surface area contributed by atoms with Crippen LogP contribution in [-0.4, -0.2) is 9.78 Å². The summed E-state index contributed by atoms with van der Waals surface area (Å²) in [5.41, 5.74) is 7.83. The first-order valence-corrected chi connectivity index (χ1v) is 5.70. The van der Waals surface area contributed by atoms with Gasteiger partial charge in [-0.3, -0.25) is 4.68 Å². The van der Waals surface area contributed by atoms with Gasteiger partial charge in [0.25, 0.3) is 0 Å². The van der Waals surface area contributed by atoms with Crippen molar-refractivity contribution in [1.29, 1.82) is 5.26 Å². The molecule has 0 spiro atoms. The van der Waals surface area contributed by atoms with Crippen molar-refractivity contribution in [1.82, 2.24) is 9.78 Å². The van der Waals surface area contributed by atoms with Crippen LogP contribution in [0.25, 0.3) is 0 Å². The predicted octanol–water partition coefficient (Wildman–Crippen LogP) is 2.14. The molecule has 0 atom stereocenters. The molecule has 1 aromatic heterocycles. The molecule has 6 heteroatoms. The predicted molar refractivity (Wildman–Crippen MR) is 71.1 cm³/mol. The number of nitrogens with one attached hydrogen (secondary N) is 1. The SMILES string of the molecule is Cn1ncc(CNc2cccc(Cl)c2C#N)c1N. The Bertz CT molecular complexity index is 611. The highest BCUT2D eigenvalue weighted by molar-refractivity contribution is 6.32. The standard InChI is InChI=1S/C12H12ClN5/c1-18-12(15)8(7-17-18)6-16-11-4-2-3-10(13)9(11)5-14/h2-4,7,16H,6,15H2,1H3. The zero-order valence-corrected chi connectivity index (χ0v) is 10.6. The van der Waals surface area contributed by atoms with Gasteiger partial charge in [-0.15, -0.1) is 0 Å². The largest absolute Gasteiger partial charge is 0.384 e.